The topological polar surface area (TPSA) is 69.7 Å². The molecule has 0 aromatic carbocycles. The minimum Gasteiger partial charge on any atom is -0.430 e. The van der Waals surface area contributed by atoms with Gasteiger partial charge in [0.25, 0.3) is 0 Å². The van der Waals surface area contributed by atoms with Gasteiger partial charge in [0.15, 0.2) is 0 Å². The van der Waals surface area contributed by atoms with E-state index in [-0.39, 0.29) is 0 Å². The van der Waals surface area contributed by atoms with Crippen LogP contribution in [0.15, 0.2) is 11.8 Å². The molecule has 2 aliphatic heterocycles. The Hall–Kier alpha value is -1.65. The van der Waals surface area contributed by atoms with Gasteiger partial charge in [0, 0.05) is 0 Å². The maximum absolute atomic E-state index is 11.8. The van der Waals surface area contributed by atoms with E-state index in [1.54, 1.807) is 13.0 Å². The van der Waals surface area contributed by atoms with Crippen LogP contribution in [0.2, 0.25) is 0 Å². The Kier molecular flexibility index (Phi) is 1.03. The largest absolute Gasteiger partial charge is 0.430 e. The summed E-state index contributed by atoms with van der Waals surface area (Å²) in [6, 6.07) is 0. The van der Waals surface area contributed by atoms with Crippen molar-refractivity contribution in [1.82, 2.24) is 0 Å². The molecule has 0 amide bonds. The summed E-state index contributed by atoms with van der Waals surface area (Å²) in [5.74, 6) is -2.06. The number of allylic oxidation sites excluding steroid dienone is 2. The fourth-order valence-corrected chi connectivity index (χ4v) is 3.86. The van der Waals surface area contributed by atoms with Crippen molar-refractivity contribution in [1.29, 1.82) is 0 Å². The molecule has 16 heavy (non-hydrogen) atoms. The maximum atomic E-state index is 11.8. The van der Waals surface area contributed by atoms with Gasteiger partial charge in [-0.25, -0.2) is 0 Å². The second kappa shape index (κ2) is 1.95. The lowest BCUT2D eigenvalue weighted by Gasteiger charge is -2.58. The Balaban J connectivity index is 1.96. The molecule has 1 spiro atoms. The average Bonchev–Trinajstić information content (AvgIpc) is 2.44. The highest BCUT2D eigenvalue weighted by molar-refractivity contribution is 6.07. The highest BCUT2D eigenvalue weighted by Gasteiger charge is 2.87. The predicted molar refractivity (Wildman–Crippen MR) is 47.4 cm³/mol. The summed E-state index contributed by atoms with van der Waals surface area (Å²) in [5, 5.41) is 0. The van der Waals surface area contributed by atoms with Gasteiger partial charge in [-0.05, 0) is 19.4 Å². The lowest BCUT2D eigenvalue weighted by molar-refractivity contribution is -0.179. The standard InChI is InChI=1S/C11H8O5/c1-10-5(7(12)16-9(10)14)6-8(13)15-4-2-3-11(4,6)10/h2,5-6H,3H2,1H3. The first-order valence-corrected chi connectivity index (χ1v) is 5.22. The Morgan fingerprint density at radius 2 is 1.88 bits per heavy atom. The van der Waals surface area contributed by atoms with Crippen molar-refractivity contribution in [2.45, 2.75) is 13.3 Å². The van der Waals surface area contributed by atoms with Gasteiger partial charge < -0.3 is 9.47 Å². The molecule has 3 fully saturated rings. The van der Waals surface area contributed by atoms with Crippen LogP contribution in [0.25, 0.3) is 0 Å². The van der Waals surface area contributed by atoms with Gasteiger partial charge in [0.2, 0.25) is 0 Å². The van der Waals surface area contributed by atoms with Crippen LogP contribution >= 0.6 is 0 Å². The molecule has 4 unspecified atom stereocenters. The summed E-state index contributed by atoms with van der Waals surface area (Å²) in [5.41, 5.74) is -1.46. The molecule has 4 rings (SSSR count). The zero-order valence-corrected chi connectivity index (χ0v) is 8.48. The first-order chi connectivity index (χ1) is 7.53. The lowest BCUT2D eigenvalue weighted by atomic mass is 9.36. The van der Waals surface area contributed by atoms with Crippen molar-refractivity contribution in [3.63, 3.8) is 0 Å². The van der Waals surface area contributed by atoms with E-state index in [1.807, 2.05) is 0 Å². The second-order valence-corrected chi connectivity index (χ2v) is 5.03. The summed E-state index contributed by atoms with van der Waals surface area (Å²) in [4.78, 5) is 35.0. The van der Waals surface area contributed by atoms with Crippen molar-refractivity contribution in [3.05, 3.63) is 11.8 Å². The molecule has 82 valence electrons. The van der Waals surface area contributed by atoms with Gasteiger partial charge >= 0.3 is 17.9 Å². The second-order valence-electron chi connectivity index (χ2n) is 5.03. The number of cyclic esters (lactones) is 2. The summed E-state index contributed by atoms with van der Waals surface area (Å²) < 4.78 is 9.77. The number of carbonyl (C=O) groups excluding carboxylic acids is 3. The Morgan fingerprint density at radius 1 is 1.19 bits per heavy atom. The molecular formula is C11H8O5. The van der Waals surface area contributed by atoms with Crippen LogP contribution < -0.4 is 0 Å². The normalized spacial score (nSPS) is 51.6. The molecule has 4 atom stereocenters. The lowest BCUT2D eigenvalue weighted by Crippen LogP contribution is -2.67. The van der Waals surface area contributed by atoms with Crippen LogP contribution in [0.5, 0.6) is 0 Å². The molecule has 1 saturated carbocycles. The van der Waals surface area contributed by atoms with Gasteiger partial charge in [-0.3, -0.25) is 14.4 Å². The first kappa shape index (κ1) is 8.50. The molecule has 2 heterocycles. The predicted octanol–water partition coefficient (Wildman–Crippen LogP) is 0.153. The van der Waals surface area contributed by atoms with E-state index in [4.69, 9.17) is 4.74 Å². The molecule has 0 bridgehead atoms. The van der Waals surface area contributed by atoms with Crippen LogP contribution in [-0.2, 0) is 23.9 Å². The minimum atomic E-state index is -0.884. The molecule has 0 radical (unpaired) electrons. The SMILES string of the molecule is CC12C(=O)OC(=O)C1C1C(=O)OC3=CCC312. The Bertz CT molecular complexity index is 504. The number of hydrogen-bond donors (Lipinski definition) is 0. The zero-order chi connectivity index (χ0) is 11.3. The van der Waals surface area contributed by atoms with E-state index in [9.17, 15) is 14.4 Å². The number of ether oxygens (including phenoxy) is 2. The monoisotopic (exact) mass is 220 g/mol. The Morgan fingerprint density at radius 3 is 2.50 bits per heavy atom. The van der Waals surface area contributed by atoms with Gasteiger partial charge in [-0.15, -0.1) is 0 Å². The van der Waals surface area contributed by atoms with Crippen LogP contribution in [-0.4, -0.2) is 17.9 Å². The van der Waals surface area contributed by atoms with Crippen LogP contribution in [0, 0.1) is 22.7 Å². The van der Waals surface area contributed by atoms with Crippen LogP contribution in [0.3, 0.4) is 0 Å². The number of rotatable bonds is 0. The van der Waals surface area contributed by atoms with Gasteiger partial charge in [0.05, 0.1) is 22.7 Å². The molecule has 0 aromatic heterocycles. The summed E-state index contributed by atoms with van der Waals surface area (Å²) >= 11 is 0. The van der Waals surface area contributed by atoms with E-state index in [1.165, 1.54) is 0 Å². The maximum Gasteiger partial charge on any atom is 0.321 e. The molecule has 0 aromatic rings. The van der Waals surface area contributed by atoms with Crippen LogP contribution in [0.4, 0.5) is 0 Å². The molecule has 4 aliphatic rings. The number of carbonyl (C=O) groups is 3. The quantitative estimate of drug-likeness (QED) is 0.429. The molecular weight excluding hydrogens is 212 g/mol. The van der Waals surface area contributed by atoms with Gasteiger partial charge in [-0.1, -0.05) is 0 Å². The van der Waals surface area contributed by atoms with E-state index in [0.717, 1.165) is 0 Å². The molecule has 5 heteroatoms. The van der Waals surface area contributed by atoms with Crippen molar-refractivity contribution < 1.29 is 23.9 Å². The van der Waals surface area contributed by atoms with Gasteiger partial charge in [0.1, 0.15) is 5.76 Å². The van der Waals surface area contributed by atoms with Gasteiger partial charge in [-0.2, -0.15) is 0 Å². The number of hydrogen-bond acceptors (Lipinski definition) is 5. The van der Waals surface area contributed by atoms with Crippen molar-refractivity contribution in [2.24, 2.45) is 22.7 Å². The molecule has 2 saturated heterocycles. The summed E-state index contributed by atoms with van der Waals surface area (Å²) in [6.45, 7) is 1.70. The van der Waals surface area contributed by atoms with E-state index in [2.05, 4.69) is 4.74 Å². The third kappa shape index (κ3) is 0.484. The highest BCUT2D eigenvalue weighted by Crippen LogP contribution is 2.78. The van der Waals surface area contributed by atoms with Crippen molar-refractivity contribution in [2.75, 3.05) is 0 Å². The van der Waals surface area contributed by atoms with E-state index < -0.39 is 40.6 Å². The number of esters is 3. The van der Waals surface area contributed by atoms with Crippen molar-refractivity contribution >= 4 is 17.9 Å². The smallest absolute Gasteiger partial charge is 0.321 e. The zero-order valence-electron chi connectivity index (χ0n) is 8.48. The summed E-state index contributed by atoms with van der Waals surface area (Å²) in [6.07, 6.45) is 2.42. The fourth-order valence-electron chi connectivity index (χ4n) is 3.86. The molecule has 0 N–H and O–H groups in total. The highest BCUT2D eigenvalue weighted by atomic mass is 16.6. The number of fused-ring (bicyclic) bond motifs is 2. The van der Waals surface area contributed by atoms with Crippen molar-refractivity contribution in [3.8, 4) is 0 Å². The Labute approximate surface area is 90.4 Å². The average molecular weight is 220 g/mol. The van der Waals surface area contributed by atoms with E-state index in [0.29, 0.717) is 12.2 Å². The summed E-state index contributed by atoms with van der Waals surface area (Å²) in [7, 11) is 0. The fraction of sp³-hybridized carbons (Fsp3) is 0.545. The molecule has 2 aliphatic carbocycles. The first-order valence-electron chi connectivity index (χ1n) is 5.22. The third-order valence-corrected chi connectivity index (χ3v) is 4.80. The molecule has 5 nitrogen and oxygen atoms in total. The van der Waals surface area contributed by atoms with Crippen LogP contribution in [0.1, 0.15) is 13.3 Å². The van der Waals surface area contributed by atoms with E-state index >= 15 is 0 Å². The minimum absolute atomic E-state index is 0.391. The third-order valence-electron chi connectivity index (χ3n) is 4.80.